The normalized spacial score (nSPS) is 14.9. The number of nitrogens with one attached hydrogen (secondary N) is 2. The predicted octanol–water partition coefficient (Wildman–Crippen LogP) is 5.44. The number of nitrogens with two attached hydrogens (primary N) is 2. The zero-order chi connectivity index (χ0) is 32.1. The van der Waals surface area contributed by atoms with Crippen LogP contribution < -0.4 is 16.8 Å². The minimum absolute atomic E-state index is 0.105. The molecule has 0 spiro atoms. The number of amidine groups is 1. The third kappa shape index (κ3) is 7.79. The lowest BCUT2D eigenvalue weighted by molar-refractivity contribution is -0.120. The number of aromatic nitrogens is 1. The van der Waals surface area contributed by atoms with Gasteiger partial charge in [-0.1, -0.05) is 12.1 Å². The third-order valence-electron chi connectivity index (χ3n) is 6.84. The Kier molecular flexibility index (Phi) is 10.0. The molecule has 1 atom stereocenters. The van der Waals surface area contributed by atoms with Crippen LogP contribution in [0.1, 0.15) is 35.7 Å². The summed E-state index contributed by atoms with van der Waals surface area (Å²) in [5.74, 6) is -4.64. The van der Waals surface area contributed by atoms with Crippen LogP contribution in [0.2, 0.25) is 0 Å². The molecule has 6 N–H and O–H groups in total. The average molecular weight is 621 g/mol. The molecule has 1 heterocycles. The van der Waals surface area contributed by atoms with Crippen molar-refractivity contribution in [1.82, 2.24) is 10.3 Å². The molecule has 232 valence electrons. The fourth-order valence-corrected chi connectivity index (χ4v) is 4.77. The Morgan fingerprint density at radius 3 is 2.27 bits per heavy atom. The molecule has 2 aromatic carbocycles. The van der Waals surface area contributed by atoms with Crippen molar-refractivity contribution in [2.75, 3.05) is 6.54 Å². The van der Waals surface area contributed by atoms with Gasteiger partial charge in [0.15, 0.2) is 0 Å². The maximum atomic E-state index is 14.3. The van der Waals surface area contributed by atoms with Crippen molar-refractivity contribution in [3.05, 3.63) is 100 Å². The number of rotatable bonds is 12. The van der Waals surface area contributed by atoms with E-state index in [4.69, 9.17) is 16.9 Å². The number of carbonyl (C=O) groups excluding carboxylic acids is 1. The lowest BCUT2D eigenvalue weighted by Gasteiger charge is -2.22. The van der Waals surface area contributed by atoms with Crippen LogP contribution >= 0.6 is 0 Å². The van der Waals surface area contributed by atoms with Crippen molar-refractivity contribution in [3.8, 4) is 11.1 Å². The molecule has 1 aromatic heterocycles. The number of hydrogen-bond acceptors (Lipinski definition) is 5. The summed E-state index contributed by atoms with van der Waals surface area (Å²) in [6, 6.07) is 8.43. The number of nitrogens with zero attached hydrogens (tertiary/aromatic N) is 2. The van der Waals surface area contributed by atoms with E-state index in [1.165, 1.54) is 24.4 Å². The number of hydrogen-bond donors (Lipinski definition) is 4. The Morgan fingerprint density at radius 2 is 1.68 bits per heavy atom. The number of amides is 1. The van der Waals surface area contributed by atoms with Crippen molar-refractivity contribution in [1.29, 1.82) is 5.41 Å². The highest BCUT2D eigenvalue weighted by atomic mass is 19.3. The topological polar surface area (TPSA) is 130 Å². The second-order valence-electron chi connectivity index (χ2n) is 10.1. The number of pyridine rings is 1. The molecule has 1 aliphatic carbocycles. The van der Waals surface area contributed by atoms with E-state index in [1.54, 1.807) is 6.07 Å². The van der Waals surface area contributed by atoms with E-state index in [2.05, 4.69) is 15.3 Å². The number of alkyl halides is 4. The standard InChI is InChI=1S/C30H27F7N6O/c31-17-8-14(9-18(32)12-17)10-22(26-19(2-1-7-41-26)16-5-6-21(33)20(11-16)30(39)40)43-23(44)13-42-27(29(36)37)24(15-3-4-15)25(38)28(34)35/h1-2,5-9,11-12,15,22,28-29H,3-4,10,13,38H2,(H3,39,40)(H,43,44). The predicted molar refractivity (Wildman–Crippen MR) is 150 cm³/mol. The van der Waals surface area contributed by atoms with E-state index in [0.29, 0.717) is 30.0 Å². The van der Waals surface area contributed by atoms with Crippen molar-refractivity contribution in [3.63, 3.8) is 0 Å². The summed E-state index contributed by atoms with van der Waals surface area (Å²) < 4.78 is 96.8. The van der Waals surface area contributed by atoms with E-state index in [9.17, 15) is 35.5 Å². The number of halogens is 7. The fraction of sp³-hybridized carbons (Fsp3) is 0.267. The Labute approximate surface area is 247 Å². The molecule has 1 aliphatic rings. The van der Waals surface area contributed by atoms with Gasteiger partial charge in [0.05, 0.1) is 23.0 Å². The van der Waals surface area contributed by atoms with E-state index in [1.807, 2.05) is 0 Å². The van der Waals surface area contributed by atoms with Crippen LogP contribution in [0.5, 0.6) is 0 Å². The van der Waals surface area contributed by atoms with Crippen LogP contribution in [0.25, 0.3) is 11.1 Å². The van der Waals surface area contributed by atoms with E-state index < -0.39 is 77.5 Å². The second kappa shape index (κ2) is 13.7. The molecule has 44 heavy (non-hydrogen) atoms. The zero-order valence-corrected chi connectivity index (χ0v) is 22.9. The number of benzene rings is 2. The smallest absolute Gasteiger partial charge is 0.280 e. The molecular weight excluding hydrogens is 593 g/mol. The number of nitrogen functional groups attached to an aromatic ring is 1. The van der Waals surface area contributed by atoms with Gasteiger partial charge in [-0.05, 0) is 66.6 Å². The highest BCUT2D eigenvalue weighted by molar-refractivity contribution is 6.04. The number of carbonyl (C=O) groups is 1. The summed E-state index contributed by atoms with van der Waals surface area (Å²) >= 11 is 0. The zero-order valence-electron chi connectivity index (χ0n) is 22.9. The van der Waals surface area contributed by atoms with Gasteiger partial charge in [-0.3, -0.25) is 20.2 Å². The maximum absolute atomic E-state index is 14.3. The monoisotopic (exact) mass is 620 g/mol. The molecule has 0 bridgehead atoms. The van der Waals surface area contributed by atoms with Gasteiger partial charge in [-0.15, -0.1) is 0 Å². The first kappa shape index (κ1) is 32.2. The minimum atomic E-state index is -3.29. The van der Waals surface area contributed by atoms with Crippen LogP contribution in [0, 0.1) is 28.8 Å². The molecule has 1 unspecified atom stereocenters. The van der Waals surface area contributed by atoms with Crippen LogP contribution in [-0.2, 0) is 11.2 Å². The lowest BCUT2D eigenvalue weighted by Crippen LogP contribution is -2.33. The van der Waals surface area contributed by atoms with Gasteiger partial charge in [0.25, 0.3) is 12.9 Å². The van der Waals surface area contributed by atoms with Gasteiger partial charge >= 0.3 is 0 Å². The van der Waals surface area contributed by atoms with Crippen LogP contribution in [-0.4, -0.2) is 41.8 Å². The quantitative estimate of drug-likeness (QED) is 0.122. The summed E-state index contributed by atoms with van der Waals surface area (Å²) in [5, 5.41) is 10.2. The SMILES string of the molecule is N=C(N)c1cc(-c2cccnc2C(Cc2cc(F)cc(F)c2)NC(=O)CN=C(C(=C(N)C(F)F)C2CC2)C(F)F)ccc1F. The molecule has 0 radical (unpaired) electrons. The summed E-state index contributed by atoms with van der Waals surface area (Å²) in [6.07, 6.45) is -4.63. The third-order valence-corrected chi connectivity index (χ3v) is 6.84. The van der Waals surface area contributed by atoms with E-state index >= 15 is 0 Å². The number of aliphatic imine (C=N–C) groups is 1. The average Bonchev–Trinajstić information content (AvgIpc) is 3.79. The first-order valence-corrected chi connectivity index (χ1v) is 13.3. The molecule has 4 rings (SSSR count). The summed E-state index contributed by atoms with van der Waals surface area (Å²) in [5.41, 5.74) is 9.12. The summed E-state index contributed by atoms with van der Waals surface area (Å²) in [6.45, 7) is -0.909. The highest BCUT2D eigenvalue weighted by Crippen LogP contribution is 2.40. The van der Waals surface area contributed by atoms with Crippen LogP contribution in [0.3, 0.4) is 0 Å². The molecular formula is C30H27F7N6O. The van der Waals surface area contributed by atoms with Crippen LogP contribution in [0.4, 0.5) is 30.7 Å². The lowest BCUT2D eigenvalue weighted by atomic mass is 9.94. The first-order chi connectivity index (χ1) is 20.8. The second-order valence-corrected chi connectivity index (χ2v) is 10.1. The Morgan fingerprint density at radius 1 is 1.00 bits per heavy atom. The summed E-state index contributed by atoms with van der Waals surface area (Å²) in [4.78, 5) is 21.1. The molecule has 14 heteroatoms. The number of allylic oxidation sites excluding steroid dienone is 2. The molecule has 1 fully saturated rings. The van der Waals surface area contributed by atoms with Gasteiger partial charge in [-0.2, -0.15) is 0 Å². The Hall–Kier alpha value is -4.75. The molecule has 1 saturated carbocycles. The van der Waals surface area contributed by atoms with Gasteiger partial charge in [-0.25, -0.2) is 30.7 Å². The molecule has 0 saturated heterocycles. The molecule has 7 nitrogen and oxygen atoms in total. The van der Waals surface area contributed by atoms with Gasteiger partial charge in [0.1, 0.15) is 35.5 Å². The Balaban J connectivity index is 1.72. The van der Waals surface area contributed by atoms with E-state index in [0.717, 1.165) is 18.2 Å². The van der Waals surface area contributed by atoms with Gasteiger partial charge < -0.3 is 16.8 Å². The largest absolute Gasteiger partial charge is 0.397 e. The Bertz CT molecular complexity index is 1600. The minimum Gasteiger partial charge on any atom is -0.397 e. The van der Waals surface area contributed by atoms with Crippen molar-refractivity contribution in [2.24, 2.45) is 22.4 Å². The maximum Gasteiger partial charge on any atom is 0.280 e. The van der Waals surface area contributed by atoms with Crippen molar-refractivity contribution < 1.29 is 35.5 Å². The van der Waals surface area contributed by atoms with Gasteiger partial charge in [0.2, 0.25) is 5.91 Å². The van der Waals surface area contributed by atoms with Gasteiger partial charge in [0, 0.05) is 23.4 Å². The molecule has 1 amide bonds. The summed E-state index contributed by atoms with van der Waals surface area (Å²) in [7, 11) is 0. The highest BCUT2D eigenvalue weighted by Gasteiger charge is 2.36. The van der Waals surface area contributed by atoms with Crippen LogP contribution in [0.15, 0.2) is 71.0 Å². The van der Waals surface area contributed by atoms with Crippen molar-refractivity contribution in [2.45, 2.75) is 38.2 Å². The molecule has 0 aliphatic heterocycles. The van der Waals surface area contributed by atoms with E-state index in [-0.39, 0.29) is 23.2 Å². The van der Waals surface area contributed by atoms with Crippen molar-refractivity contribution >= 4 is 17.5 Å². The molecule has 3 aromatic rings. The first-order valence-electron chi connectivity index (χ1n) is 13.3. The fourth-order valence-electron chi connectivity index (χ4n) is 4.77.